The minimum absolute atomic E-state index is 0.00102. The molecule has 0 spiro atoms. The normalized spacial score (nSPS) is 10.7. The van der Waals surface area contributed by atoms with E-state index in [0.29, 0.717) is 11.1 Å². The van der Waals surface area contributed by atoms with Crippen LogP contribution in [0.2, 0.25) is 0 Å². The Morgan fingerprint density at radius 1 is 1.00 bits per heavy atom. The third kappa shape index (κ3) is 2.12. The third-order valence-corrected chi connectivity index (χ3v) is 3.17. The van der Waals surface area contributed by atoms with Crippen LogP contribution in [-0.2, 0) is 0 Å². The molecule has 6 heteroatoms. The maximum Gasteiger partial charge on any atom is 0.362 e. The fraction of sp³-hybridized carbons (Fsp3) is 0. The summed E-state index contributed by atoms with van der Waals surface area (Å²) in [7, 11) is 0. The third-order valence-electron chi connectivity index (χ3n) is 3.17. The van der Waals surface area contributed by atoms with E-state index in [2.05, 4.69) is 4.98 Å². The van der Waals surface area contributed by atoms with Crippen LogP contribution >= 0.6 is 0 Å². The lowest BCUT2D eigenvalue weighted by molar-refractivity contribution is 0.103. The van der Waals surface area contributed by atoms with Gasteiger partial charge in [-0.05, 0) is 12.1 Å². The minimum Gasteiger partial charge on any atom is -0.421 e. The van der Waals surface area contributed by atoms with Crippen LogP contribution < -0.4 is 11.2 Å². The van der Waals surface area contributed by atoms with Gasteiger partial charge in [0.25, 0.3) is 5.56 Å². The van der Waals surface area contributed by atoms with Gasteiger partial charge in [-0.2, -0.15) is 0 Å². The van der Waals surface area contributed by atoms with E-state index < -0.39 is 11.2 Å². The molecule has 3 rings (SSSR count). The first kappa shape index (κ1) is 12.9. The van der Waals surface area contributed by atoms with Crippen LogP contribution in [0.3, 0.4) is 0 Å². The zero-order valence-electron chi connectivity index (χ0n) is 10.7. The van der Waals surface area contributed by atoms with Crippen molar-refractivity contribution in [1.29, 1.82) is 0 Å². The molecule has 21 heavy (non-hydrogen) atoms. The van der Waals surface area contributed by atoms with Gasteiger partial charge in [-0.15, -0.1) is 0 Å². The first-order valence-electron chi connectivity index (χ1n) is 6.16. The second-order valence-corrected chi connectivity index (χ2v) is 4.50. The Morgan fingerprint density at radius 3 is 2.43 bits per heavy atom. The maximum atomic E-state index is 12.3. The molecular weight excluding hydrogens is 272 g/mol. The highest BCUT2D eigenvalue weighted by molar-refractivity contribution is 6.10. The molecule has 1 heterocycles. The van der Waals surface area contributed by atoms with Gasteiger partial charge in [-0.25, -0.2) is 4.79 Å². The summed E-state index contributed by atoms with van der Waals surface area (Å²) < 4.78 is 0.00102. The fourth-order valence-electron chi connectivity index (χ4n) is 2.11. The van der Waals surface area contributed by atoms with Crippen LogP contribution in [-0.4, -0.2) is 20.7 Å². The van der Waals surface area contributed by atoms with Gasteiger partial charge in [0.15, 0.2) is 5.78 Å². The lowest BCUT2D eigenvalue weighted by Crippen LogP contribution is -2.33. The van der Waals surface area contributed by atoms with Gasteiger partial charge in [0, 0.05) is 11.1 Å². The summed E-state index contributed by atoms with van der Waals surface area (Å²) in [6.45, 7) is 0. The second kappa shape index (κ2) is 4.75. The SMILES string of the molecule is O=C(c1ccccc1)c1ccc2c(=O)n(O)c(=O)[nH]c2c1. The van der Waals surface area contributed by atoms with E-state index in [-0.39, 0.29) is 21.4 Å². The summed E-state index contributed by atoms with van der Waals surface area (Å²) in [4.78, 5) is 37.7. The van der Waals surface area contributed by atoms with Gasteiger partial charge < -0.3 is 10.2 Å². The average molecular weight is 282 g/mol. The highest BCUT2D eigenvalue weighted by Crippen LogP contribution is 2.13. The summed E-state index contributed by atoms with van der Waals surface area (Å²) in [6, 6.07) is 13.0. The van der Waals surface area contributed by atoms with Crippen molar-refractivity contribution in [3.8, 4) is 0 Å². The molecule has 0 unspecified atom stereocenters. The van der Waals surface area contributed by atoms with Crippen molar-refractivity contribution in [2.45, 2.75) is 0 Å². The van der Waals surface area contributed by atoms with E-state index in [1.165, 1.54) is 18.2 Å². The number of benzene rings is 2. The predicted octanol–water partition coefficient (Wildman–Crippen LogP) is 1.16. The highest BCUT2D eigenvalue weighted by Gasteiger charge is 2.12. The Kier molecular flexibility index (Phi) is 2.91. The molecule has 104 valence electrons. The number of H-pyrrole nitrogens is 1. The number of rotatable bonds is 2. The summed E-state index contributed by atoms with van der Waals surface area (Å²) in [5, 5.41) is 9.38. The average Bonchev–Trinajstić information content (AvgIpc) is 2.52. The molecule has 6 nitrogen and oxygen atoms in total. The number of carbonyl (C=O) groups is 1. The minimum atomic E-state index is -0.947. The number of hydrogen-bond acceptors (Lipinski definition) is 4. The summed E-state index contributed by atoms with van der Waals surface area (Å²) in [6.07, 6.45) is 0. The Morgan fingerprint density at radius 2 is 1.71 bits per heavy atom. The van der Waals surface area contributed by atoms with E-state index in [0.717, 1.165) is 0 Å². The highest BCUT2D eigenvalue weighted by atomic mass is 16.5. The molecule has 0 aliphatic rings. The van der Waals surface area contributed by atoms with Gasteiger partial charge in [-0.3, -0.25) is 9.59 Å². The van der Waals surface area contributed by atoms with E-state index in [1.807, 2.05) is 0 Å². The van der Waals surface area contributed by atoms with Crippen molar-refractivity contribution in [2.24, 2.45) is 0 Å². The van der Waals surface area contributed by atoms with Gasteiger partial charge in [-0.1, -0.05) is 41.1 Å². The van der Waals surface area contributed by atoms with Crippen molar-refractivity contribution >= 4 is 16.7 Å². The number of carbonyl (C=O) groups excluding carboxylic acids is 1. The molecule has 0 aliphatic carbocycles. The van der Waals surface area contributed by atoms with Gasteiger partial charge >= 0.3 is 5.69 Å². The largest absolute Gasteiger partial charge is 0.421 e. The van der Waals surface area contributed by atoms with Crippen molar-refractivity contribution in [1.82, 2.24) is 9.71 Å². The Hall–Kier alpha value is -3.15. The Labute approximate surface area is 117 Å². The number of aromatic amines is 1. The van der Waals surface area contributed by atoms with Crippen LogP contribution in [0.4, 0.5) is 0 Å². The molecule has 3 aromatic rings. The van der Waals surface area contributed by atoms with E-state index in [9.17, 15) is 19.6 Å². The molecule has 2 N–H and O–H groups in total. The van der Waals surface area contributed by atoms with Crippen molar-refractivity contribution in [2.75, 3.05) is 0 Å². The van der Waals surface area contributed by atoms with Crippen LogP contribution in [0.1, 0.15) is 15.9 Å². The lowest BCUT2D eigenvalue weighted by Gasteiger charge is -2.04. The Balaban J connectivity index is 2.19. The molecule has 1 aromatic heterocycles. The first-order valence-corrected chi connectivity index (χ1v) is 6.16. The van der Waals surface area contributed by atoms with Crippen molar-refractivity contribution < 1.29 is 10.0 Å². The maximum absolute atomic E-state index is 12.3. The van der Waals surface area contributed by atoms with Crippen LogP contribution in [0.15, 0.2) is 58.1 Å². The lowest BCUT2D eigenvalue weighted by atomic mass is 10.0. The molecule has 0 radical (unpaired) electrons. The number of nitrogens with zero attached hydrogens (tertiary/aromatic N) is 1. The molecule has 0 fully saturated rings. The number of aromatic nitrogens is 2. The van der Waals surface area contributed by atoms with Crippen LogP contribution in [0.25, 0.3) is 10.9 Å². The van der Waals surface area contributed by atoms with Gasteiger partial charge in [0.2, 0.25) is 0 Å². The number of hydrogen-bond donors (Lipinski definition) is 2. The zero-order chi connectivity index (χ0) is 15.0. The molecule has 2 aromatic carbocycles. The molecule has 0 bridgehead atoms. The number of nitrogens with one attached hydrogen (secondary N) is 1. The summed E-state index contributed by atoms with van der Waals surface area (Å²) >= 11 is 0. The monoisotopic (exact) mass is 282 g/mol. The predicted molar refractivity (Wildman–Crippen MR) is 75.9 cm³/mol. The number of ketones is 1. The number of fused-ring (bicyclic) bond motifs is 1. The molecule has 0 saturated carbocycles. The fourth-order valence-corrected chi connectivity index (χ4v) is 2.11. The topological polar surface area (TPSA) is 92.2 Å². The zero-order valence-corrected chi connectivity index (χ0v) is 10.7. The van der Waals surface area contributed by atoms with E-state index in [1.54, 1.807) is 30.3 Å². The molecule has 0 saturated heterocycles. The first-order chi connectivity index (χ1) is 10.1. The van der Waals surface area contributed by atoms with E-state index in [4.69, 9.17) is 0 Å². The molecule has 0 atom stereocenters. The smallest absolute Gasteiger partial charge is 0.362 e. The van der Waals surface area contributed by atoms with Crippen LogP contribution in [0, 0.1) is 0 Å². The van der Waals surface area contributed by atoms with Gasteiger partial charge in [0.1, 0.15) is 0 Å². The molecule has 0 amide bonds. The summed E-state index contributed by atoms with van der Waals surface area (Å²) in [5.41, 5.74) is -0.713. The molecular formula is C15H10N2O4. The van der Waals surface area contributed by atoms with E-state index >= 15 is 0 Å². The quantitative estimate of drug-likeness (QED) is 0.545. The standard InChI is InChI=1S/C15H10N2O4/c18-13(9-4-2-1-3-5-9)10-6-7-11-12(8-10)16-15(20)17(21)14(11)19/h1-8,21H,(H,16,20). The summed E-state index contributed by atoms with van der Waals surface area (Å²) in [5.74, 6) is -0.216. The second-order valence-electron chi connectivity index (χ2n) is 4.50. The Bertz CT molecular complexity index is 955. The molecule has 0 aliphatic heterocycles. The van der Waals surface area contributed by atoms with Gasteiger partial charge in [0.05, 0.1) is 10.9 Å². The van der Waals surface area contributed by atoms with Crippen molar-refractivity contribution in [3.63, 3.8) is 0 Å². The van der Waals surface area contributed by atoms with Crippen LogP contribution in [0.5, 0.6) is 0 Å². The van der Waals surface area contributed by atoms with Crippen molar-refractivity contribution in [3.05, 3.63) is 80.5 Å².